The molecule has 0 aliphatic heterocycles. The van der Waals surface area contributed by atoms with Crippen molar-refractivity contribution >= 4 is 14.0 Å². The predicted octanol–water partition coefficient (Wildman–Crippen LogP) is 1.41. The normalized spacial score (nSPS) is 9.90. The average Bonchev–Trinajstić information content (AvgIpc) is 1.59. The van der Waals surface area contributed by atoms with Gasteiger partial charge < -0.3 is 5.11 Å². The van der Waals surface area contributed by atoms with Crippen LogP contribution in [0.5, 0.6) is 0 Å². The lowest BCUT2D eigenvalue weighted by molar-refractivity contribution is -0.130. The maximum atomic E-state index is 9.93. The fourth-order valence-electron chi connectivity index (χ4n) is 0.385. The highest BCUT2D eigenvalue weighted by atomic mass is 28.3. The average molecular weight is 156 g/mol. The Hall–Kier alpha value is -0.753. The standard InChI is InChI=1S/C7H12O2Si/c1-10(2,3)6-4-5-7(8)9/h6H2,1-3H3,(H,8,9). The molecule has 0 aliphatic carbocycles. The molecular formula is C7H12O2Si. The van der Waals surface area contributed by atoms with E-state index in [1.54, 1.807) is 0 Å². The van der Waals surface area contributed by atoms with Gasteiger partial charge in [-0.05, 0) is 0 Å². The second-order valence-corrected chi connectivity index (χ2v) is 8.82. The summed E-state index contributed by atoms with van der Waals surface area (Å²) in [5.74, 6) is 3.71. The van der Waals surface area contributed by atoms with Crippen LogP contribution < -0.4 is 0 Å². The van der Waals surface area contributed by atoms with E-state index in [4.69, 9.17) is 5.11 Å². The van der Waals surface area contributed by atoms with E-state index in [-0.39, 0.29) is 0 Å². The van der Waals surface area contributed by atoms with Gasteiger partial charge in [0.05, 0.1) is 8.07 Å². The van der Waals surface area contributed by atoms with E-state index in [1.807, 2.05) is 0 Å². The highest BCUT2D eigenvalue weighted by molar-refractivity contribution is 6.76. The van der Waals surface area contributed by atoms with Gasteiger partial charge in [0.15, 0.2) is 0 Å². The summed E-state index contributed by atoms with van der Waals surface area (Å²) in [5.41, 5.74) is 0. The minimum absolute atomic E-state index is 0.763. The van der Waals surface area contributed by atoms with Gasteiger partial charge in [0, 0.05) is 12.0 Å². The van der Waals surface area contributed by atoms with E-state index < -0.39 is 14.0 Å². The maximum Gasteiger partial charge on any atom is 0.381 e. The van der Waals surface area contributed by atoms with Crippen LogP contribution in [0, 0.1) is 11.8 Å². The van der Waals surface area contributed by atoms with Crippen LogP contribution in [0.3, 0.4) is 0 Å². The van der Waals surface area contributed by atoms with E-state index in [2.05, 4.69) is 31.5 Å². The maximum absolute atomic E-state index is 9.93. The summed E-state index contributed by atoms with van der Waals surface area (Å²) in [5, 5.41) is 8.15. The van der Waals surface area contributed by atoms with Crippen molar-refractivity contribution in [2.45, 2.75) is 25.7 Å². The molecule has 0 atom stereocenters. The number of aliphatic carboxylic acids is 1. The van der Waals surface area contributed by atoms with Crippen LogP contribution in [-0.2, 0) is 4.79 Å². The summed E-state index contributed by atoms with van der Waals surface area (Å²) < 4.78 is 0. The third-order valence-corrected chi connectivity index (χ3v) is 2.05. The summed E-state index contributed by atoms with van der Waals surface area (Å²) in [6, 6.07) is 0.763. The van der Waals surface area contributed by atoms with Crippen molar-refractivity contribution < 1.29 is 9.90 Å². The first-order valence-corrected chi connectivity index (χ1v) is 6.84. The molecule has 0 heterocycles. The lowest BCUT2D eigenvalue weighted by atomic mass is 10.6. The van der Waals surface area contributed by atoms with Crippen molar-refractivity contribution in [2.75, 3.05) is 0 Å². The summed E-state index contributed by atoms with van der Waals surface area (Å²) in [6.07, 6.45) is 0. The summed E-state index contributed by atoms with van der Waals surface area (Å²) in [7, 11) is -1.16. The number of carbonyl (C=O) groups is 1. The molecule has 0 unspecified atom stereocenters. The molecule has 1 N–H and O–H groups in total. The lowest BCUT2D eigenvalue weighted by Gasteiger charge is -2.08. The minimum Gasteiger partial charge on any atom is -0.472 e. The molecule has 0 aromatic heterocycles. The van der Waals surface area contributed by atoms with Gasteiger partial charge in [-0.1, -0.05) is 25.6 Å². The highest BCUT2D eigenvalue weighted by Gasteiger charge is 2.09. The molecule has 0 bridgehead atoms. The first kappa shape index (κ1) is 9.25. The molecule has 56 valence electrons. The first-order chi connectivity index (χ1) is 4.42. The summed E-state index contributed by atoms with van der Waals surface area (Å²) in [6.45, 7) is 6.47. The Balaban J connectivity index is 3.78. The molecule has 3 heteroatoms. The highest BCUT2D eigenvalue weighted by Crippen LogP contribution is 2.05. The number of hydrogen-bond donors (Lipinski definition) is 1. The van der Waals surface area contributed by atoms with Gasteiger partial charge in [-0.2, -0.15) is 0 Å². The molecule has 0 aromatic carbocycles. The monoisotopic (exact) mass is 156 g/mol. The largest absolute Gasteiger partial charge is 0.472 e. The summed E-state index contributed by atoms with van der Waals surface area (Å²) in [4.78, 5) is 9.93. The first-order valence-electron chi connectivity index (χ1n) is 3.13. The van der Waals surface area contributed by atoms with Crippen LogP contribution in [0.1, 0.15) is 0 Å². The number of carboxylic acids is 1. The van der Waals surface area contributed by atoms with Gasteiger partial charge >= 0.3 is 5.97 Å². The van der Waals surface area contributed by atoms with E-state index in [9.17, 15) is 4.79 Å². The molecule has 0 amide bonds. The third kappa shape index (κ3) is 7.25. The van der Waals surface area contributed by atoms with Gasteiger partial charge in [-0.3, -0.25) is 0 Å². The molecule has 0 spiro atoms. The van der Waals surface area contributed by atoms with Gasteiger partial charge in [0.1, 0.15) is 0 Å². The Bertz CT molecular complexity index is 180. The fraction of sp³-hybridized carbons (Fsp3) is 0.571. The smallest absolute Gasteiger partial charge is 0.381 e. The zero-order valence-corrected chi connectivity index (χ0v) is 7.56. The van der Waals surface area contributed by atoms with Crippen molar-refractivity contribution in [3.63, 3.8) is 0 Å². The van der Waals surface area contributed by atoms with E-state index in [0.717, 1.165) is 6.04 Å². The van der Waals surface area contributed by atoms with E-state index >= 15 is 0 Å². The van der Waals surface area contributed by atoms with Crippen LogP contribution in [0.2, 0.25) is 25.7 Å². The molecule has 0 radical (unpaired) electrons. The van der Waals surface area contributed by atoms with Crippen LogP contribution in [0.25, 0.3) is 0 Å². The molecule has 0 aliphatic rings. The Labute approximate surface area is 62.3 Å². The van der Waals surface area contributed by atoms with Crippen LogP contribution >= 0.6 is 0 Å². The molecule has 0 rings (SSSR count). The Kier molecular flexibility index (Phi) is 3.17. The summed E-state index contributed by atoms with van der Waals surface area (Å²) >= 11 is 0. The molecule has 2 nitrogen and oxygen atoms in total. The zero-order valence-electron chi connectivity index (χ0n) is 6.56. The molecule has 0 fully saturated rings. The van der Waals surface area contributed by atoms with Crippen molar-refractivity contribution in [3.8, 4) is 11.8 Å². The second kappa shape index (κ2) is 3.42. The van der Waals surface area contributed by atoms with Crippen molar-refractivity contribution in [3.05, 3.63) is 0 Å². The second-order valence-electron chi connectivity index (χ2n) is 3.34. The number of carboxylic acid groups (broad SMARTS) is 1. The Morgan fingerprint density at radius 1 is 1.50 bits per heavy atom. The third-order valence-electron chi connectivity index (χ3n) is 0.814. The fourth-order valence-corrected chi connectivity index (χ4v) is 1.00. The van der Waals surface area contributed by atoms with Crippen LogP contribution in [0.15, 0.2) is 0 Å². The van der Waals surface area contributed by atoms with Crippen LogP contribution in [0.4, 0.5) is 0 Å². The van der Waals surface area contributed by atoms with Crippen molar-refractivity contribution in [1.82, 2.24) is 0 Å². The minimum atomic E-state index is -1.16. The Morgan fingerprint density at radius 2 is 2.00 bits per heavy atom. The molecular weight excluding hydrogens is 144 g/mol. The van der Waals surface area contributed by atoms with Gasteiger partial charge in [-0.25, -0.2) is 4.79 Å². The van der Waals surface area contributed by atoms with E-state index in [0.29, 0.717) is 0 Å². The molecule has 0 saturated carbocycles. The number of hydrogen-bond acceptors (Lipinski definition) is 1. The lowest BCUT2D eigenvalue weighted by Crippen LogP contribution is -2.17. The number of rotatable bonds is 1. The quantitative estimate of drug-likeness (QED) is 0.460. The van der Waals surface area contributed by atoms with Gasteiger partial charge in [-0.15, -0.1) is 0 Å². The van der Waals surface area contributed by atoms with Crippen molar-refractivity contribution in [2.24, 2.45) is 0 Å². The van der Waals surface area contributed by atoms with Gasteiger partial charge in [0.25, 0.3) is 0 Å². The SMILES string of the molecule is C[Si](C)(C)CC#CC(=O)O. The molecule has 10 heavy (non-hydrogen) atoms. The zero-order chi connectivity index (χ0) is 8.20. The topological polar surface area (TPSA) is 37.3 Å². The van der Waals surface area contributed by atoms with E-state index in [1.165, 1.54) is 0 Å². The predicted molar refractivity (Wildman–Crippen MR) is 43.6 cm³/mol. The Morgan fingerprint density at radius 3 is 2.30 bits per heavy atom. The molecule has 0 aromatic rings. The van der Waals surface area contributed by atoms with Crippen LogP contribution in [-0.4, -0.2) is 19.1 Å². The van der Waals surface area contributed by atoms with Gasteiger partial charge in [0.2, 0.25) is 0 Å². The van der Waals surface area contributed by atoms with Crippen molar-refractivity contribution in [1.29, 1.82) is 0 Å². The molecule has 0 saturated heterocycles.